The normalized spacial score (nSPS) is 15.5. The number of primary amides is 1. The van der Waals surface area contributed by atoms with E-state index in [0.717, 1.165) is 19.3 Å². The van der Waals surface area contributed by atoms with Crippen LogP contribution in [-0.4, -0.2) is 112 Å². The Morgan fingerprint density at radius 1 is 0.694 bits per heavy atom. The van der Waals surface area contributed by atoms with E-state index in [2.05, 4.69) is 37.2 Å². The van der Waals surface area contributed by atoms with Crippen LogP contribution in [0.5, 0.6) is 0 Å². The number of carboxylic acid groups (broad SMARTS) is 2. The second-order valence-electron chi connectivity index (χ2n) is 16.0. The largest absolute Gasteiger partial charge is 0.481 e. The molecule has 0 radical (unpaired) electrons. The third kappa shape index (κ3) is 20.3. The average Bonchev–Trinajstić information content (AvgIpc) is 3.19. The lowest BCUT2D eigenvalue weighted by Crippen LogP contribution is -2.60. The fourth-order valence-electron chi connectivity index (χ4n) is 7.08. The van der Waals surface area contributed by atoms with Crippen molar-refractivity contribution in [3.8, 4) is 0 Å². The molecule has 21 heteroatoms. The van der Waals surface area contributed by atoms with Crippen LogP contribution in [0, 0.1) is 17.2 Å². The minimum atomic E-state index is -1.76. The lowest BCUT2D eigenvalue weighted by Gasteiger charge is -2.30. The molecule has 62 heavy (non-hydrogen) atoms. The first-order valence-electron chi connectivity index (χ1n) is 20.9. The average molecular weight is 873 g/mol. The van der Waals surface area contributed by atoms with Gasteiger partial charge in [-0.2, -0.15) is 0 Å². The summed E-state index contributed by atoms with van der Waals surface area (Å²) in [4.78, 5) is 117. The Morgan fingerprint density at radius 2 is 1.21 bits per heavy atom. The van der Waals surface area contributed by atoms with Crippen LogP contribution in [-0.2, 0) is 49.6 Å². The highest BCUT2D eigenvalue weighted by atomic mass is 16.4. The maximum Gasteiger partial charge on any atom is 0.326 e. The van der Waals surface area contributed by atoms with Crippen molar-refractivity contribution in [2.45, 2.75) is 140 Å². The molecule has 0 bridgehead atoms. The molecule has 1 aromatic rings. The van der Waals surface area contributed by atoms with Gasteiger partial charge in [0.2, 0.25) is 41.4 Å². The number of guanidine groups is 1. The number of rotatable bonds is 27. The standard InChI is InChI=1S/C41H64N10O11/c1-23(2)19-29(37(58)51-32(40(61)62)21-26-13-8-5-9-14-26)48-39(60)31(22-34(54)55)50-38(59)30(20-25-11-6-4-7-12-25)49-36(57)28(16-17-33(42)53)47-35(56)27(46-24(3)52)15-10-18-45-41(43)44/h5,8-9,13-14,23,25,27-32H,4,6-7,10-12,15-22H2,1-3H3,(H2,42,53)(H,46,52)(H,47,56)(H,48,60)(H,49,57)(H,50,59)(H,51,58)(H,54,55)(H,61,62)(H4,43,44,45)/t27-,28-,29-,30-,31-,32-/m0/s1. The van der Waals surface area contributed by atoms with Gasteiger partial charge < -0.3 is 58.9 Å². The molecule has 0 aliphatic heterocycles. The zero-order valence-electron chi connectivity index (χ0n) is 35.6. The first kappa shape index (κ1) is 51.9. The molecule has 1 fully saturated rings. The van der Waals surface area contributed by atoms with Gasteiger partial charge in [-0.25, -0.2) is 4.79 Å². The van der Waals surface area contributed by atoms with Crippen molar-refractivity contribution in [1.29, 1.82) is 5.41 Å². The Balaban J connectivity index is 2.37. The number of aliphatic carboxylic acids is 2. The van der Waals surface area contributed by atoms with Crippen LogP contribution in [0.25, 0.3) is 0 Å². The summed E-state index contributed by atoms with van der Waals surface area (Å²) in [6, 6.07) is 0.185. The fourth-order valence-corrected chi connectivity index (χ4v) is 7.08. The zero-order chi connectivity index (χ0) is 46.4. The predicted octanol–water partition coefficient (Wildman–Crippen LogP) is -0.738. The molecule has 7 amide bonds. The molecule has 21 nitrogen and oxygen atoms in total. The number of hydrogen-bond acceptors (Lipinski definition) is 10. The van der Waals surface area contributed by atoms with E-state index in [9.17, 15) is 53.4 Å². The summed E-state index contributed by atoms with van der Waals surface area (Å²) in [7, 11) is 0. The lowest BCUT2D eigenvalue weighted by atomic mass is 9.84. The Kier molecular flexibility index (Phi) is 22.4. The van der Waals surface area contributed by atoms with Gasteiger partial charge in [0, 0.05) is 26.3 Å². The van der Waals surface area contributed by atoms with Crippen molar-refractivity contribution < 1.29 is 53.4 Å². The first-order valence-corrected chi connectivity index (χ1v) is 20.9. The third-order valence-electron chi connectivity index (χ3n) is 10.2. The van der Waals surface area contributed by atoms with Gasteiger partial charge in [0.05, 0.1) is 6.42 Å². The van der Waals surface area contributed by atoms with E-state index < -0.39 is 96.0 Å². The minimum absolute atomic E-state index is 0.0276. The number of amides is 7. The van der Waals surface area contributed by atoms with Crippen molar-refractivity contribution >= 4 is 59.2 Å². The van der Waals surface area contributed by atoms with Crippen molar-refractivity contribution in [3.63, 3.8) is 0 Å². The minimum Gasteiger partial charge on any atom is -0.481 e. The number of hydrogen-bond donors (Lipinski definition) is 12. The molecular formula is C41H64N10O11. The summed E-state index contributed by atoms with van der Waals surface area (Å²) >= 11 is 0. The summed E-state index contributed by atoms with van der Waals surface area (Å²) < 4.78 is 0. The molecule has 0 unspecified atom stereocenters. The summed E-state index contributed by atoms with van der Waals surface area (Å²) in [5.41, 5.74) is 11.3. The Morgan fingerprint density at radius 3 is 1.76 bits per heavy atom. The number of benzene rings is 1. The number of carbonyl (C=O) groups is 9. The van der Waals surface area contributed by atoms with E-state index in [0.29, 0.717) is 18.4 Å². The van der Waals surface area contributed by atoms with Gasteiger partial charge in [-0.05, 0) is 49.5 Å². The predicted molar refractivity (Wildman–Crippen MR) is 226 cm³/mol. The van der Waals surface area contributed by atoms with Crippen LogP contribution in [0.3, 0.4) is 0 Å². The van der Waals surface area contributed by atoms with Crippen molar-refractivity contribution in [3.05, 3.63) is 35.9 Å². The van der Waals surface area contributed by atoms with Crippen LogP contribution in [0.4, 0.5) is 0 Å². The topological polar surface area (TPSA) is 354 Å². The van der Waals surface area contributed by atoms with E-state index in [1.807, 2.05) is 0 Å². The van der Waals surface area contributed by atoms with E-state index >= 15 is 0 Å². The molecule has 0 spiro atoms. The molecule has 1 aromatic carbocycles. The van der Waals surface area contributed by atoms with Gasteiger partial charge in [-0.3, -0.25) is 43.8 Å². The maximum atomic E-state index is 14.1. The molecular weight excluding hydrogens is 809 g/mol. The highest BCUT2D eigenvalue weighted by Crippen LogP contribution is 2.27. The van der Waals surface area contributed by atoms with Gasteiger partial charge >= 0.3 is 11.9 Å². The quantitative estimate of drug-likeness (QED) is 0.0295. The third-order valence-corrected chi connectivity index (χ3v) is 10.2. The number of carboxylic acids is 2. The molecule has 344 valence electrons. The number of nitrogens with two attached hydrogens (primary N) is 2. The highest BCUT2D eigenvalue weighted by Gasteiger charge is 2.35. The Hall–Kier alpha value is -6.28. The SMILES string of the molecule is CC(=O)N[C@@H](CCCNC(=N)N)C(=O)N[C@@H](CCC(N)=O)C(=O)N[C@@H](CC1CCCCC1)C(=O)N[C@@H](CC(=O)O)C(=O)N[C@@H](CC(C)C)C(=O)N[C@@H](Cc1ccccc1)C(=O)O. The van der Waals surface area contributed by atoms with Gasteiger partial charge in [0.1, 0.15) is 36.3 Å². The molecule has 1 aliphatic carbocycles. The second-order valence-corrected chi connectivity index (χ2v) is 16.0. The molecule has 0 heterocycles. The molecule has 1 saturated carbocycles. The van der Waals surface area contributed by atoms with E-state index in [4.69, 9.17) is 16.9 Å². The van der Waals surface area contributed by atoms with E-state index in [-0.39, 0.29) is 69.3 Å². The van der Waals surface area contributed by atoms with E-state index in [1.165, 1.54) is 6.92 Å². The molecule has 1 aliphatic rings. The van der Waals surface area contributed by atoms with Gasteiger partial charge in [0.25, 0.3) is 0 Å². The van der Waals surface area contributed by atoms with Crippen LogP contribution < -0.4 is 48.7 Å². The number of nitrogens with one attached hydrogen (secondary N) is 8. The van der Waals surface area contributed by atoms with Crippen molar-refractivity contribution in [2.24, 2.45) is 23.3 Å². The Labute approximate surface area is 360 Å². The monoisotopic (exact) mass is 872 g/mol. The van der Waals surface area contributed by atoms with Crippen LogP contribution in [0.1, 0.15) is 103 Å². The van der Waals surface area contributed by atoms with Crippen LogP contribution in [0.15, 0.2) is 30.3 Å². The number of carbonyl (C=O) groups excluding carboxylic acids is 7. The van der Waals surface area contributed by atoms with Gasteiger partial charge in [-0.1, -0.05) is 76.3 Å². The Bertz CT molecular complexity index is 1720. The lowest BCUT2D eigenvalue weighted by molar-refractivity contribution is -0.143. The maximum absolute atomic E-state index is 14.1. The van der Waals surface area contributed by atoms with Gasteiger partial charge in [-0.15, -0.1) is 0 Å². The highest BCUT2D eigenvalue weighted by molar-refractivity contribution is 5.98. The smallest absolute Gasteiger partial charge is 0.326 e. The molecule has 0 saturated heterocycles. The summed E-state index contributed by atoms with van der Waals surface area (Å²) in [5, 5.41) is 44.6. The molecule has 14 N–H and O–H groups in total. The molecule has 6 atom stereocenters. The first-order chi connectivity index (χ1) is 29.2. The summed E-state index contributed by atoms with van der Waals surface area (Å²) in [5.74, 6) is -9.18. The van der Waals surface area contributed by atoms with E-state index in [1.54, 1.807) is 44.2 Å². The molecule has 0 aromatic heterocycles. The van der Waals surface area contributed by atoms with Crippen LogP contribution in [0.2, 0.25) is 0 Å². The van der Waals surface area contributed by atoms with Crippen molar-refractivity contribution in [2.75, 3.05) is 6.54 Å². The fraction of sp³-hybridized carbons (Fsp3) is 0.610. The molecule has 2 rings (SSSR count). The van der Waals surface area contributed by atoms with Crippen molar-refractivity contribution in [1.82, 2.24) is 37.2 Å². The summed E-state index contributed by atoms with van der Waals surface area (Å²) in [6.07, 6.45) is 2.94. The van der Waals surface area contributed by atoms with Crippen LogP contribution >= 0.6 is 0 Å². The summed E-state index contributed by atoms with van der Waals surface area (Å²) in [6.45, 7) is 4.91. The van der Waals surface area contributed by atoms with Gasteiger partial charge in [0.15, 0.2) is 5.96 Å². The second kappa shape index (κ2) is 26.8. The zero-order valence-corrected chi connectivity index (χ0v) is 35.6.